The molecule has 1 fully saturated rings. The van der Waals surface area contributed by atoms with Crippen LogP contribution in [0.25, 0.3) is 0 Å². The van der Waals surface area contributed by atoms with Crippen molar-refractivity contribution < 1.29 is 9.53 Å². The third-order valence-electron chi connectivity index (χ3n) is 4.68. The second-order valence-electron chi connectivity index (χ2n) is 8.42. The van der Waals surface area contributed by atoms with E-state index in [9.17, 15) is 4.79 Å². The molecule has 0 aromatic carbocycles. The Kier molecular flexibility index (Phi) is 12.0. The summed E-state index contributed by atoms with van der Waals surface area (Å²) in [4.78, 5) is 24.6. The number of amides is 1. The second kappa shape index (κ2) is 13.3. The van der Waals surface area contributed by atoms with E-state index in [1.165, 1.54) is 4.88 Å². The van der Waals surface area contributed by atoms with E-state index in [1.807, 2.05) is 31.9 Å². The predicted molar refractivity (Wildman–Crippen MR) is 135 cm³/mol. The fraction of sp³-hybridized carbons (Fsp3) is 0.762. The van der Waals surface area contributed by atoms with Gasteiger partial charge in [-0.15, -0.1) is 35.3 Å². The van der Waals surface area contributed by atoms with Crippen molar-refractivity contribution in [2.75, 3.05) is 26.2 Å². The number of carbonyl (C=O) groups is 1. The lowest BCUT2D eigenvalue weighted by atomic mass is 9.95. The largest absolute Gasteiger partial charge is 0.444 e. The number of likely N-dealkylation sites (tertiary alicyclic amines) is 1. The number of hydrogen-bond donors (Lipinski definition) is 2. The summed E-state index contributed by atoms with van der Waals surface area (Å²) in [5.41, 5.74) is -0.446. The van der Waals surface area contributed by atoms with Gasteiger partial charge in [-0.05, 0) is 59.3 Å². The van der Waals surface area contributed by atoms with Crippen LogP contribution in [0.4, 0.5) is 4.79 Å². The maximum atomic E-state index is 12.3. The Balaban J connectivity index is 0.00000450. The van der Waals surface area contributed by atoms with Crippen LogP contribution < -0.4 is 10.6 Å². The lowest BCUT2D eigenvalue weighted by Crippen LogP contribution is -2.44. The fourth-order valence-corrected chi connectivity index (χ4v) is 4.05. The van der Waals surface area contributed by atoms with E-state index in [-0.39, 0.29) is 30.1 Å². The molecule has 1 aromatic rings. The number of hydrogen-bond acceptors (Lipinski definition) is 5. The molecule has 0 saturated carbocycles. The summed E-state index contributed by atoms with van der Waals surface area (Å²) in [5, 5.41) is 7.76. The summed E-state index contributed by atoms with van der Waals surface area (Å²) in [6.45, 7) is 13.7. The molecular formula is C21H38IN5O2S. The third kappa shape index (κ3) is 9.80. The summed E-state index contributed by atoms with van der Waals surface area (Å²) in [5.74, 6) is 1.30. The number of piperidine rings is 1. The van der Waals surface area contributed by atoms with Crippen LogP contribution in [0, 0.1) is 5.92 Å². The van der Waals surface area contributed by atoms with Crippen LogP contribution in [0.3, 0.4) is 0 Å². The molecule has 0 radical (unpaired) electrons. The average Bonchev–Trinajstić information content (AvgIpc) is 3.13. The number of aromatic nitrogens is 1. The molecule has 2 heterocycles. The number of nitrogens with zero attached hydrogens (tertiary/aromatic N) is 3. The Morgan fingerprint density at radius 2 is 2.13 bits per heavy atom. The fourth-order valence-electron chi connectivity index (χ4n) is 3.26. The summed E-state index contributed by atoms with van der Waals surface area (Å²) in [7, 11) is 0. The van der Waals surface area contributed by atoms with Crippen LogP contribution in [-0.2, 0) is 17.7 Å². The van der Waals surface area contributed by atoms with Gasteiger partial charge in [-0.3, -0.25) is 0 Å². The maximum absolute atomic E-state index is 12.3. The molecule has 1 amide bonds. The van der Waals surface area contributed by atoms with Crippen LogP contribution in [0.1, 0.15) is 63.8 Å². The standard InChI is InChI=1S/C21H37N5O2S.HI/c1-6-17-13-24-18(29-17)14-25-19(22-7-2)23-11-10-16-9-8-12-26(15-16)20(27)28-21(3,4)5;/h13,16H,6-12,14-15H2,1-5H3,(H2,22,23,25);1H. The zero-order chi connectivity index (χ0) is 21.3. The minimum atomic E-state index is -0.446. The molecule has 30 heavy (non-hydrogen) atoms. The Labute approximate surface area is 202 Å². The minimum Gasteiger partial charge on any atom is -0.444 e. The Hall–Kier alpha value is -1.10. The molecule has 1 atom stereocenters. The van der Waals surface area contributed by atoms with Crippen LogP contribution >= 0.6 is 35.3 Å². The Bertz CT molecular complexity index is 675. The lowest BCUT2D eigenvalue weighted by molar-refractivity contribution is 0.0162. The summed E-state index contributed by atoms with van der Waals surface area (Å²) in [6, 6.07) is 0. The predicted octanol–water partition coefficient (Wildman–Crippen LogP) is 4.42. The highest BCUT2D eigenvalue weighted by molar-refractivity contribution is 14.0. The highest BCUT2D eigenvalue weighted by Gasteiger charge is 2.27. The molecule has 2 N–H and O–H groups in total. The molecule has 1 aliphatic rings. The van der Waals surface area contributed by atoms with Crippen molar-refractivity contribution in [2.45, 2.75) is 72.4 Å². The van der Waals surface area contributed by atoms with Gasteiger partial charge in [-0.25, -0.2) is 14.8 Å². The van der Waals surface area contributed by atoms with E-state index >= 15 is 0 Å². The van der Waals surface area contributed by atoms with Crippen molar-refractivity contribution in [3.05, 3.63) is 16.1 Å². The maximum Gasteiger partial charge on any atom is 0.410 e. The van der Waals surface area contributed by atoms with Gasteiger partial charge in [0.1, 0.15) is 10.6 Å². The molecule has 0 spiro atoms. The molecular weight excluding hydrogens is 513 g/mol. The quantitative estimate of drug-likeness (QED) is 0.298. The van der Waals surface area contributed by atoms with E-state index in [0.717, 1.165) is 62.8 Å². The second-order valence-corrected chi connectivity index (χ2v) is 9.62. The first-order chi connectivity index (χ1) is 13.8. The Morgan fingerprint density at radius 1 is 1.37 bits per heavy atom. The average molecular weight is 552 g/mol. The van der Waals surface area contributed by atoms with Crippen LogP contribution in [0.15, 0.2) is 11.2 Å². The van der Waals surface area contributed by atoms with Gasteiger partial charge in [0.15, 0.2) is 5.96 Å². The van der Waals surface area contributed by atoms with Gasteiger partial charge in [0, 0.05) is 37.3 Å². The number of carbonyl (C=O) groups excluding carboxylic acids is 1. The van der Waals surface area contributed by atoms with Crippen molar-refractivity contribution in [2.24, 2.45) is 10.9 Å². The zero-order valence-corrected chi connectivity index (χ0v) is 22.1. The molecule has 2 rings (SSSR count). The highest BCUT2D eigenvalue weighted by atomic mass is 127. The highest BCUT2D eigenvalue weighted by Crippen LogP contribution is 2.21. The molecule has 1 aliphatic heterocycles. The van der Waals surface area contributed by atoms with Crippen molar-refractivity contribution in [1.29, 1.82) is 0 Å². The molecule has 0 bridgehead atoms. The van der Waals surface area contributed by atoms with E-state index in [0.29, 0.717) is 12.5 Å². The van der Waals surface area contributed by atoms with Gasteiger partial charge in [0.2, 0.25) is 0 Å². The number of aliphatic imine (C=N–C) groups is 1. The lowest BCUT2D eigenvalue weighted by Gasteiger charge is -2.34. The topological polar surface area (TPSA) is 78.9 Å². The number of guanidine groups is 1. The third-order valence-corrected chi connectivity index (χ3v) is 5.81. The van der Waals surface area contributed by atoms with E-state index in [2.05, 4.69) is 34.5 Å². The monoisotopic (exact) mass is 551 g/mol. The number of ether oxygens (including phenoxy) is 1. The number of halogens is 1. The molecule has 1 aromatic heterocycles. The first kappa shape index (κ1) is 26.9. The smallest absolute Gasteiger partial charge is 0.410 e. The number of nitrogens with one attached hydrogen (secondary N) is 2. The molecule has 9 heteroatoms. The minimum absolute atomic E-state index is 0. The van der Waals surface area contributed by atoms with Gasteiger partial charge in [0.05, 0.1) is 6.54 Å². The van der Waals surface area contributed by atoms with Crippen molar-refractivity contribution in [3.63, 3.8) is 0 Å². The number of aryl methyl sites for hydroxylation is 1. The van der Waals surface area contributed by atoms with Gasteiger partial charge in [-0.2, -0.15) is 0 Å². The van der Waals surface area contributed by atoms with Crippen LogP contribution in [0.5, 0.6) is 0 Å². The Morgan fingerprint density at radius 3 is 2.77 bits per heavy atom. The van der Waals surface area contributed by atoms with E-state index < -0.39 is 5.60 Å². The van der Waals surface area contributed by atoms with Gasteiger partial charge in [-0.1, -0.05) is 6.92 Å². The molecule has 172 valence electrons. The van der Waals surface area contributed by atoms with Crippen molar-refractivity contribution >= 4 is 47.4 Å². The van der Waals surface area contributed by atoms with Crippen molar-refractivity contribution in [1.82, 2.24) is 20.5 Å². The van der Waals surface area contributed by atoms with Gasteiger partial charge < -0.3 is 20.3 Å². The molecule has 7 nitrogen and oxygen atoms in total. The van der Waals surface area contributed by atoms with Crippen molar-refractivity contribution in [3.8, 4) is 0 Å². The number of thiazole rings is 1. The SMILES string of the molecule is CCNC(=NCc1ncc(CC)s1)NCCC1CCCN(C(=O)OC(C)(C)C)C1.I. The van der Waals surface area contributed by atoms with Crippen LogP contribution in [0.2, 0.25) is 0 Å². The first-order valence-corrected chi connectivity index (χ1v) is 11.6. The van der Waals surface area contributed by atoms with Crippen LogP contribution in [-0.4, -0.2) is 53.7 Å². The normalized spacial score (nSPS) is 17.3. The molecule has 1 unspecified atom stereocenters. The zero-order valence-electron chi connectivity index (χ0n) is 19.0. The first-order valence-electron chi connectivity index (χ1n) is 10.7. The van der Waals surface area contributed by atoms with E-state index in [1.54, 1.807) is 11.3 Å². The summed E-state index contributed by atoms with van der Waals surface area (Å²) in [6.07, 6.45) is 5.94. The van der Waals surface area contributed by atoms with Gasteiger partial charge in [0.25, 0.3) is 0 Å². The number of rotatable bonds is 7. The molecule has 0 aliphatic carbocycles. The summed E-state index contributed by atoms with van der Waals surface area (Å²) < 4.78 is 5.52. The molecule has 1 saturated heterocycles. The van der Waals surface area contributed by atoms with Gasteiger partial charge >= 0.3 is 6.09 Å². The summed E-state index contributed by atoms with van der Waals surface area (Å²) >= 11 is 1.72. The van der Waals surface area contributed by atoms with E-state index in [4.69, 9.17) is 4.74 Å².